The second-order valence-electron chi connectivity index (χ2n) is 3.76. The number of nitrogens with one attached hydrogen (secondary N) is 1. The first-order chi connectivity index (χ1) is 8.58. The third-order valence-electron chi connectivity index (χ3n) is 2.53. The average Bonchev–Trinajstić information content (AvgIpc) is 2.75. The van der Waals surface area contributed by atoms with Crippen molar-refractivity contribution in [3.05, 3.63) is 52.0 Å². The van der Waals surface area contributed by atoms with E-state index in [-0.39, 0.29) is 11.5 Å². The Bertz CT molecular complexity index is 582. The maximum atomic E-state index is 13.3. The van der Waals surface area contributed by atoms with Gasteiger partial charge in [0, 0.05) is 18.8 Å². The van der Waals surface area contributed by atoms with Crippen LogP contribution in [0, 0.1) is 5.82 Å². The Labute approximate surface area is 112 Å². The minimum atomic E-state index is -0.455. The predicted octanol–water partition coefficient (Wildman–Crippen LogP) is 2.25. The Morgan fingerprint density at radius 3 is 2.89 bits per heavy atom. The largest absolute Gasteiger partial charge is 0.346 e. The topological polar surface area (TPSA) is 46.9 Å². The van der Waals surface area contributed by atoms with Gasteiger partial charge < -0.3 is 5.32 Å². The van der Waals surface area contributed by atoms with Crippen molar-refractivity contribution in [2.45, 2.75) is 6.54 Å². The van der Waals surface area contributed by atoms with Crippen LogP contribution in [0.15, 0.2) is 34.9 Å². The highest BCUT2D eigenvalue weighted by molar-refractivity contribution is 9.10. The van der Waals surface area contributed by atoms with E-state index in [0.29, 0.717) is 11.0 Å². The minimum absolute atomic E-state index is 0.290. The van der Waals surface area contributed by atoms with E-state index in [4.69, 9.17) is 0 Å². The van der Waals surface area contributed by atoms with Crippen molar-refractivity contribution in [1.82, 2.24) is 15.1 Å². The van der Waals surface area contributed by atoms with Gasteiger partial charge in [-0.1, -0.05) is 0 Å². The number of carbonyl (C=O) groups excluding carboxylic acids is 1. The van der Waals surface area contributed by atoms with Crippen LogP contribution in [0.3, 0.4) is 0 Å². The first-order valence-electron chi connectivity index (χ1n) is 5.28. The van der Waals surface area contributed by atoms with Crippen LogP contribution in [0.2, 0.25) is 0 Å². The van der Waals surface area contributed by atoms with E-state index < -0.39 is 5.82 Å². The maximum Gasteiger partial charge on any atom is 0.251 e. The molecule has 18 heavy (non-hydrogen) atoms. The van der Waals surface area contributed by atoms with Gasteiger partial charge >= 0.3 is 0 Å². The number of amides is 1. The van der Waals surface area contributed by atoms with Crippen molar-refractivity contribution in [1.29, 1.82) is 0 Å². The van der Waals surface area contributed by atoms with Gasteiger partial charge in [0.1, 0.15) is 5.82 Å². The van der Waals surface area contributed by atoms with Crippen LogP contribution in [0.4, 0.5) is 4.39 Å². The predicted molar refractivity (Wildman–Crippen MR) is 68.5 cm³/mol. The Kier molecular flexibility index (Phi) is 3.76. The lowest BCUT2D eigenvalue weighted by atomic mass is 10.2. The van der Waals surface area contributed by atoms with Gasteiger partial charge in [-0.2, -0.15) is 5.10 Å². The molecular formula is C12H11BrFN3O. The SMILES string of the molecule is Cn1nccc1CNC(=O)c1ccc(Br)c(F)c1. The molecule has 2 aromatic rings. The van der Waals surface area contributed by atoms with Gasteiger partial charge in [-0.25, -0.2) is 4.39 Å². The lowest BCUT2D eigenvalue weighted by molar-refractivity contribution is 0.0949. The van der Waals surface area contributed by atoms with Crippen molar-refractivity contribution in [3.8, 4) is 0 Å². The molecule has 0 saturated heterocycles. The number of hydrogen-bond acceptors (Lipinski definition) is 2. The molecule has 4 nitrogen and oxygen atoms in total. The smallest absolute Gasteiger partial charge is 0.251 e. The first-order valence-corrected chi connectivity index (χ1v) is 6.07. The first kappa shape index (κ1) is 12.8. The van der Waals surface area contributed by atoms with Crippen molar-refractivity contribution >= 4 is 21.8 Å². The van der Waals surface area contributed by atoms with Gasteiger partial charge in [-0.15, -0.1) is 0 Å². The highest BCUT2D eigenvalue weighted by atomic mass is 79.9. The number of rotatable bonds is 3. The quantitative estimate of drug-likeness (QED) is 0.945. The zero-order valence-electron chi connectivity index (χ0n) is 9.65. The normalized spacial score (nSPS) is 10.4. The van der Waals surface area contributed by atoms with Crippen LogP contribution in [0.5, 0.6) is 0 Å². The zero-order valence-corrected chi connectivity index (χ0v) is 11.2. The van der Waals surface area contributed by atoms with E-state index in [1.54, 1.807) is 24.0 Å². The number of halogens is 2. The second-order valence-corrected chi connectivity index (χ2v) is 4.61. The number of aromatic nitrogens is 2. The van der Waals surface area contributed by atoms with Gasteiger partial charge in [0.25, 0.3) is 5.91 Å². The molecule has 0 spiro atoms. The Morgan fingerprint density at radius 2 is 2.28 bits per heavy atom. The molecule has 2 rings (SSSR count). The maximum absolute atomic E-state index is 13.3. The van der Waals surface area contributed by atoms with Crippen LogP contribution in [0.1, 0.15) is 16.1 Å². The minimum Gasteiger partial charge on any atom is -0.346 e. The number of carbonyl (C=O) groups is 1. The molecular weight excluding hydrogens is 301 g/mol. The second kappa shape index (κ2) is 5.30. The fourth-order valence-electron chi connectivity index (χ4n) is 1.49. The summed E-state index contributed by atoms with van der Waals surface area (Å²) < 4.78 is 15.3. The molecule has 6 heteroatoms. The van der Waals surface area contributed by atoms with Crippen LogP contribution in [-0.4, -0.2) is 15.7 Å². The molecule has 1 amide bonds. The van der Waals surface area contributed by atoms with Gasteiger partial charge in [0.15, 0.2) is 0 Å². The number of hydrogen-bond donors (Lipinski definition) is 1. The summed E-state index contributed by atoms with van der Waals surface area (Å²) in [6, 6.07) is 6.07. The van der Waals surface area contributed by atoms with E-state index in [9.17, 15) is 9.18 Å². The molecule has 0 aliphatic heterocycles. The number of aryl methyl sites for hydroxylation is 1. The van der Waals surface area contributed by atoms with Crippen LogP contribution in [0.25, 0.3) is 0 Å². The fraction of sp³-hybridized carbons (Fsp3) is 0.167. The molecule has 94 valence electrons. The Balaban J connectivity index is 2.04. The summed E-state index contributed by atoms with van der Waals surface area (Å²) >= 11 is 3.04. The molecule has 1 aromatic carbocycles. The van der Waals surface area contributed by atoms with E-state index in [1.165, 1.54) is 12.1 Å². The molecule has 0 saturated carbocycles. The molecule has 1 N–H and O–H groups in total. The van der Waals surface area contributed by atoms with Crippen molar-refractivity contribution < 1.29 is 9.18 Å². The van der Waals surface area contributed by atoms with Gasteiger partial charge in [0.2, 0.25) is 0 Å². The summed E-state index contributed by atoms with van der Waals surface area (Å²) in [5, 5.41) is 6.70. The van der Waals surface area contributed by atoms with Gasteiger partial charge in [-0.05, 0) is 40.2 Å². The number of benzene rings is 1. The molecule has 0 unspecified atom stereocenters. The van der Waals surface area contributed by atoms with Crippen LogP contribution < -0.4 is 5.32 Å². The van der Waals surface area contributed by atoms with Crippen molar-refractivity contribution in [2.24, 2.45) is 7.05 Å². The fourth-order valence-corrected chi connectivity index (χ4v) is 1.73. The van der Waals surface area contributed by atoms with Crippen molar-refractivity contribution in [3.63, 3.8) is 0 Å². The van der Waals surface area contributed by atoms with E-state index in [1.807, 2.05) is 6.07 Å². The molecule has 1 heterocycles. The number of nitrogens with zero attached hydrogens (tertiary/aromatic N) is 2. The molecule has 0 fully saturated rings. The lowest BCUT2D eigenvalue weighted by Gasteiger charge is -2.06. The molecule has 0 radical (unpaired) electrons. The molecule has 0 aliphatic carbocycles. The molecule has 0 aliphatic rings. The van der Waals surface area contributed by atoms with Gasteiger partial charge in [-0.3, -0.25) is 9.48 Å². The molecule has 0 bridgehead atoms. The van der Waals surface area contributed by atoms with E-state index >= 15 is 0 Å². The standard InChI is InChI=1S/C12H11BrFN3O/c1-17-9(4-5-16-17)7-15-12(18)8-2-3-10(13)11(14)6-8/h2-6H,7H2,1H3,(H,15,18). The van der Waals surface area contributed by atoms with Crippen LogP contribution in [-0.2, 0) is 13.6 Å². The summed E-state index contributed by atoms with van der Waals surface area (Å²) in [6.45, 7) is 0.354. The lowest BCUT2D eigenvalue weighted by Crippen LogP contribution is -2.24. The Morgan fingerprint density at radius 1 is 1.50 bits per heavy atom. The molecule has 0 atom stereocenters. The monoisotopic (exact) mass is 311 g/mol. The summed E-state index contributed by atoms with van der Waals surface area (Å²) in [5.74, 6) is -0.772. The third kappa shape index (κ3) is 2.76. The van der Waals surface area contributed by atoms with E-state index in [2.05, 4.69) is 26.3 Å². The third-order valence-corrected chi connectivity index (χ3v) is 3.18. The molecule has 1 aromatic heterocycles. The Hall–Kier alpha value is -1.69. The summed E-state index contributed by atoms with van der Waals surface area (Å²) in [4.78, 5) is 11.8. The highest BCUT2D eigenvalue weighted by Gasteiger charge is 2.09. The summed E-state index contributed by atoms with van der Waals surface area (Å²) in [5.41, 5.74) is 1.17. The van der Waals surface area contributed by atoms with E-state index in [0.717, 1.165) is 5.69 Å². The summed E-state index contributed by atoms with van der Waals surface area (Å²) in [6.07, 6.45) is 1.65. The van der Waals surface area contributed by atoms with Crippen molar-refractivity contribution in [2.75, 3.05) is 0 Å². The van der Waals surface area contributed by atoms with Crippen LogP contribution >= 0.6 is 15.9 Å². The van der Waals surface area contributed by atoms with Gasteiger partial charge in [0.05, 0.1) is 16.7 Å². The zero-order chi connectivity index (χ0) is 13.1. The summed E-state index contributed by atoms with van der Waals surface area (Å²) in [7, 11) is 1.79. The average molecular weight is 312 g/mol. The highest BCUT2D eigenvalue weighted by Crippen LogP contribution is 2.16.